The number of hydrogen-bond donors (Lipinski definition) is 1. The van der Waals surface area contributed by atoms with Crippen molar-refractivity contribution in [3.05, 3.63) is 118 Å². The van der Waals surface area contributed by atoms with Gasteiger partial charge in [0.2, 0.25) is 0 Å². The third-order valence-corrected chi connectivity index (χ3v) is 11.5. The zero-order valence-electron chi connectivity index (χ0n) is 42.5. The van der Waals surface area contributed by atoms with Crippen molar-refractivity contribution < 1.29 is 93.3 Å². The van der Waals surface area contributed by atoms with Gasteiger partial charge >= 0.3 is 30.3 Å². The highest BCUT2D eigenvalue weighted by atomic mass is 35.5. The number of ether oxygens (including phenoxy) is 9. The number of rotatable bonds is 14. The molecular weight excluding hydrogens is 1070 g/mol. The van der Waals surface area contributed by atoms with Gasteiger partial charge in [0, 0.05) is 36.5 Å². The van der Waals surface area contributed by atoms with Gasteiger partial charge in [0.05, 0.1) is 37.3 Å². The fourth-order valence-electron chi connectivity index (χ4n) is 7.16. The number of benzene rings is 4. The molecule has 0 unspecified atom stereocenters. The van der Waals surface area contributed by atoms with Crippen molar-refractivity contribution in [3.8, 4) is 23.0 Å². The average Bonchev–Trinajstić information content (AvgIpc) is 3.39. The summed E-state index contributed by atoms with van der Waals surface area (Å²) >= 11 is 14.6. The lowest BCUT2D eigenvalue weighted by Crippen LogP contribution is -2.52. The first-order valence-electron chi connectivity index (χ1n) is 22.6. The van der Waals surface area contributed by atoms with Crippen molar-refractivity contribution in [2.75, 3.05) is 79.8 Å². The molecule has 0 aromatic heterocycles. The van der Waals surface area contributed by atoms with Crippen LogP contribution in [0.1, 0.15) is 63.7 Å². The molecule has 4 atom stereocenters. The smallest absolute Gasteiger partial charge is 0.432 e. The van der Waals surface area contributed by atoms with Gasteiger partial charge < -0.3 is 52.6 Å². The van der Waals surface area contributed by atoms with Gasteiger partial charge in [-0.3, -0.25) is 4.79 Å². The minimum Gasteiger partial charge on any atom is -0.486 e. The van der Waals surface area contributed by atoms with Crippen LogP contribution in [0.2, 0.25) is 0 Å². The monoisotopic (exact) mass is 1130 g/mol. The molecule has 416 valence electrons. The Balaban J connectivity index is 0.000000377. The maximum absolute atomic E-state index is 14.0. The number of halogens is 9. The van der Waals surface area contributed by atoms with Gasteiger partial charge in [-0.15, -0.1) is 23.2 Å². The molecule has 1 N–H and O–H groups in total. The SMILES string of the molecule is CCN(CC)CC.COC(=O)c1ccc2c(c1C)O[C@@H](CO)CO2.COC(=O)c1ccc2c(c1C)O[C@@H](COC(=O)[C@](OC)(c1ccccc1)C(F)(F)F)CO2.CO[C@](C(=O)Cl)(c1ccccc1)C(F)(F)F.ClCCl. The standard InChI is InChI=1S/C22H21F3O7.C12H14O5.C10H8ClF3O2.C6H15N.CH2Cl2/c1-13-16(19(26)28-2)9-10-17-18(13)32-15(11-30-17)12-31-20(27)21(29-3,22(23,24)25)14-7-5-4-6-8-14;1-7-9(12(14)15-2)3-4-10-11(7)17-8(5-13)6-16-10;1-16-9(8(11)15,10(12,13)14)7-5-3-2-4-6-7;1-4-7(5-2)6-3;2-1-3/h4-10,15H,11-12H2,1-3H3;3-4,8,13H,5-6H2,1-2H3;2-6H,1H3;4-6H2,1-3H3;1H2/t15-,21-;8-;9-;;/m100../s1. The summed E-state index contributed by atoms with van der Waals surface area (Å²) in [5.74, 6) is -0.979. The van der Waals surface area contributed by atoms with Gasteiger partial charge in [-0.25, -0.2) is 14.4 Å². The van der Waals surface area contributed by atoms with E-state index in [2.05, 4.69) is 35.1 Å². The highest BCUT2D eigenvalue weighted by Crippen LogP contribution is 2.45. The van der Waals surface area contributed by atoms with Crippen molar-refractivity contribution in [3.63, 3.8) is 0 Å². The van der Waals surface area contributed by atoms with Crippen LogP contribution in [0, 0.1) is 13.8 Å². The number of esters is 3. The number of carbonyl (C=O) groups excluding carboxylic acids is 4. The summed E-state index contributed by atoms with van der Waals surface area (Å²) < 4.78 is 126. The molecule has 4 aromatic carbocycles. The summed E-state index contributed by atoms with van der Waals surface area (Å²) in [6.45, 7) is 13.1. The van der Waals surface area contributed by atoms with Crippen LogP contribution in [0.15, 0.2) is 84.9 Å². The molecule has 6 rings (SSSR count). The zero-order valence-corrected chi connectivity index (χ0v) is 44.8. The molecule has 0 aliphatic carbocycles. The van der Waals surface area contributed by atoms with Crippen LogP contribution in [0.25, 0.3) is 0 Å². The Kier molecular flexibility index (Phi) is 27.0. The second-order valence-electron chi connectivity index (χ2n) is 15.5. The second-order valence-corrected chi connectivity index (χ2v) is 16.6. The van der Waals surface area contributed by atoms with E-state index in [1.165, 1.54) is 82.4 Å². The molecule has 0 radical (unpaired) electrons. The van der Waals surface area contributed by atoms with Gasteiger partial charge in [0.1, 0.15) is 19.8 Å². The predicted molar refractivity (Wildman–Crippen MR) is 266 cm³/mol. The molecular formula is C51H60Cl3F6NO14. The van der Waals surface area contributed by atoms with Crippen LogP contribution in [0.5, 0.6) is 23.0 Å². The number of carbonyl (C=O) groups is 4. The lowest BCUT2D eigenvalue weighted by Gasteiger charge is -2.33. The molecule has 0 bridgehead atoms. The quantitative estimate of drug-likeness (QED) is 0.0415. The minimum absolute atomic E-state index is 0.0748. The van der Waals surface area contributed by atoms with Crippen LogP contribution in [-0.2, 0) is 44.5 Å². The Hall–Kier alpha value is -5.55. The Labute approximate surface area is 446 Å². The fraction of sp³-hybridized carbons (Fsp3) is 0.451. The number of methoxy groups -OCH3 is 4. The van der Waals surface area contributed by atoms with E-state index >= 15 is 0 Å². The third-order valence-electron chi connectivity index (χ3n) is 11.2. The lowest BCUT2D eigenvalue weighted by atomic mass is 9.93. The topological polar surface area (TPSA) is 175 Å². The number of hydrogen-bond acceptors (Lipinski definition) is 15. The van der Waals surface area contributed by atoms with E-state index in [4.69, 9.17) is 73.1 Å². The molecule has 2 heterocycles. The molecule has 0 spiro atoms. The van der Waals surface area contributed by atoms with Crippen LogP contribution < -0.4 is 18.9 Å². The average molecular weight is 1130 g/mol. The molecule has 0 saturated carbocycles. The lowest BCUT2D eigenvalue weighted by molar-refractivity contribution is -0.277. The minimum atomic E-state index is -5.08. The summed E-state index contributed by atoms with van der Waals surface area (Å²) in [6.07, 6.45) is -11.3. The molecule has 0 fully saturated rings. The summed E-state index contributed by atoms with van der Waals surface area (Å²) in [4.78, 5) is 49.5. The number of aliphatic hydroxyl groups excluding tert-OH is 1. The van der Waals surface area contributed by atoms with Crippen molar-refractivity contribution in [1.29, 1.82) is 0 Å². The zero-order chi connectivity index (χ0) is 56.7. The van der Waals surface area contributed by atoms with E-state index in [1.54, 1.807) is 26.0 Å². The molecule has 2 aliphatic heterocycles. The Bertz CT molecular complexity index is 2430. The molecule has 4 aromatic rings. The highest BCUT2D eigenvalue weighted by Gasteiger charge is 2.64. The van der Waals surface area contributed by atoms with Crippen LogP contribution in [0.3, 0.4) is 0 Å². The normalized spacial score (nSPS) is 15.9. The number of aliphatic hydroxyl groups is 1. The first-order chi connectivity index (χ1) is 35.4. The Morgan fingerprint density at radius 3 is 1.32 bits per heavy atom. The number of alkyl halides is 8. The fourth-order valence-corrected chi connectivity index (χ4v) is 7.45. The molecule has 2 aliphatic rings. The number of fused-ring (bicyclic) bond motifs is 2. The highest BCUT2D eigenvalue weighted by molar-refractivity contribution is 6.65. The third kappa shape index (κ3) is 16.5. The van der Waals surface area contributed by atoms with Crippen molar-refractivity contribution in [1.82, 2.24) is 4.90 Å². The largest absolute Gasteiger partial charge is 0.486 e. The molecule has 24 heteroatoms. The van der Waals surface area contributed by atoms with E-state index in [9.17, 15) is 45.5 Å². The second kappa shape index (κ2) is 30.9. The molecule has 0 amide bonds. The summed E-state index contributed by atoms with van der Waals surface area (Å²) in [5, 5.41) is 7.61. The van der Waals surface area contributed by atoms with E-state index in [0.717, 1.165) is 38.5 Å². The summed E-state index contributed by atoms with van der Waals surface area (Å²) in [6, 6.07) is 19.4. The van der Waals surface area contributed by atoms with Crippen molar-refractivity contribution in [2.24, 2.45) is 0 Å². The van der Waals surface area contributed by atoms with Gasteiger partial charge in [-0.1, -0.05) is 81.4 Å². The van der Waals surface area contributed by atoms with Crippen molar-refractivity contribution in [2.45, 2.75) is 70.4 Å². The molecule has 0 saturated heterocycles. The van der Waals surface area contributed by atoms with Crippen molar-refractivity contribution >= 4 is 58.0 Å². The Morgan fingerprint density at radius 2 is 1.00 bits per heavy atom. The Morgan fingerprint density at radius 1 is 0.627 bits per heavy atom. The van der Waals surface area contributed by atoms with E-state index in [-0.39, 0.29) is 35.4 Å². The first kappa shape index (κ1) is 65.6. The van der Waals surface area contributed by atoms with Crippen LogP contribution >= 0.6 is 34.8 Å². The van der Waals surface area contributed by atoms with E-state index < -0.39 is 71.1 Å². The van der Waals surface area contributed by atoms with Gasteiger partial charge in [-0.2, -0.15) is 26.3 Å². The summed E-state index contributed by atoms with van der Waals surface area (Å²) in [5.41, 5.74) is -5.38. The molecule has 75 heavy (non-hydrogen) atoms. The summed E-state index contributed by atoms with van der Waals surface area (Å²) in [7, 11) is 4.14. The molecule has 15 nitrogen and oxygen atoms in total. The first-order valence-corrected chi connectivity index (χ1v) is 24.1. The van der Waals surface area contributed by atoms with Crippen LogP contribution in [-0.4, -0.2) is 138 Å². The van der Waals surface area contributed by atoms with E-state index in [1.807, 2.05) is 0 Å². The van der Waals surface area contributed by atoms with Gasteiger partial charge in [0.15, 0.2) is 35.2 Å². The van der Waals surface area contributed by atoms with Gasteiger partial charge in [-0.05, 0) is 69.3 Å². The maximum Gasteiger partial charge on any atom is 0.432 e. The predicted octanol–water partition coefficient (Wildman–Crippen LogP) is 10.1. The number of nitrogens with zero attached hydrogens (tertiary/aromatic N) is 1. The maximum atomic E-state index is 14.0. The van der Waals surface area contributed by atoms with E-state index in [0.29, 0.717) is 40.5 Å². The van der Waals surface area contributed by atoms with Gasteiger partial charge in [0.25, 0.3) is 16.4 Å². The van der Waals surface area contributed by atoms with Crippen LogP contribution in [0.4, 0.5) is 26.3 Å².